The lowest BCUT2D eigenvalue weighted by atomic mass is 9.93. The Morgan fingerprint density at radius 2 is 1.76 bits per heavy atom. The molecule has 7 nitrogen and oxygen atoms in total. The second-order valence-corrected chi connectivity index (χ2v) is 8.75. The van der Waals surface area contributed by atoms with E-state index in [2.05, 4.69) is 5.16 Å². The van der Waals surface area contributed by atoms with Gasteiger partial charge in [0.15, 0.2) is 5.76 Å². The molecule has 1 saturated carbocycles. The van der Waals surface area contributed by atoms with Crippen LogP contribution in [0, 0.1) is 6.92 Å². The fraction of sp³-hybridized carbons (Fsp3) is 0.258. The largest absolute Gasteiger partial charge is 0.465 e. The van der Waals surface area contributed by atoms with E-state index in [-0.39, 0.29) is 29.5 Å². The molecule has 1 unspecified atom stereocenters. The second-order valence-electron chi connectivity index (χ2n) is 8.75. The van der Waals surface area contributed by atoms with Crippen molar-refractivity contribution in [2.75, 3.05) is 11.7 Å². The maximum Gasteiger partial charge on any atom is 0.316 e. The zero-order chi connectivity index (χ0) is 34.5. The molecular weight excluding hydrogens is 480 g/mol. The number of nitrogens with zero attached hydrogens (tertiary/aromatic N) is 2. The molecule has 1 heterocycles. The molecule has 0 bridgehead atoms. The fourth-order valence-corrected chi connectivity index (χ4v) is 4.24. The first-order valence-corrected chi connectivity index (χ1v) is 12.0. The highest BCUT2D eigenvalue weighted by molar-refractivity contribution is 5.87. The number of hydrogen-bond acceptors (Lipinski definition) is 6. The van der Waals surface area contributed by atoms with Gasteiger partial charge < -0.3 is 9.26 Å². The molecule has 0 aliphatic heterocycles. The van der Waals surface area contributed by atoms with Gasteiger partial charge in [-0.2, -0.15) is 5.06 Å². The number of hydrogen-bond donors (Lipinski definition) is 0. The van der Waals surface area contributed by atoms with Crippen molar-refractivity contribution in [3.63, 3.8) is 0 Å². The Bertz CT molecular complexity index is 1810. The van der Waals surface area contributed by atoms with Gasteiger partial charge in [0, 0.05) is 9.68 Å². The van der Waals surface area contributed by atoms with Gasteiger partial charge >= 0.3 is 5.97 Å². The third-order valence-corrected chi connectivity index (χ3v) is 6.40. The average molecular weight is 520 g/mol. The van der Waals surface area contributed by atoms with Crippen molar-refractivity contribution < 1.29 is 36.0 Å². The monoisotopic (exact) mass is 519 g/mol. The van der Waals surface area contributed by atoms with Gasteiger partial charge in [-0.1, -0.05) is 83.9 Å². The minimum absolute atomic E-state index is 0.0180. The number of carbonyl (C=O) groups is 2. The molecule has 0 radical (unpaired) electrons. The summed E-state index contributed by atoms with van der Waals surface area (Å²) in [5.41, 5.74) is 1.33. The molecule has 0 saturated heterocycles. The molecule has 1 amide bonds. The van der Waals surface area contributed by atoms with E-state index in [1.165, 1.54) is 6.92 Å². The Labute approximate surface area is 234 Å². The quantitative estimate of drug-likeness (QED) is 0.134. The summed E-state index contributed by atoms with van der Waals surface area (Å²) in [5, 5.41) is 4.30. The van der Waals surface area contributed by atoms with Gasteiger partial charge in [0.25, 0.3) is 0 Å². The molecule has 194 valence electrons. The molecule has 7 heteroatoms. The molecule has 1 aliphatic carbocycles. The molecule has 1 fully saturated rings. The highest BCUT2D eigenvalue weighted by atomic mass is 16.7. The van der Waals surface area contributed by atoms with Crippen molar-refractivity contribution >= 4 is 18.1 Å². The van der Waals surface area contributed by atoms with Crippen molar-refractivity contribution in [2.24, 2.45) is 0 Å². The summed E-state index contributed by atoms with van der Waals surface area (Å²) in [5.74, 6) is -0.242. The zero-order valence-corrected chi connectivity index (χ0v) is 20.8. The maximum absolute atomic E-state index is 12.5. The lowest BCUT2D eigenvalue weighted by molar-refractivity contribution is -0.146. The number of anilines is 1. The Morgan fingerprint density at radius 1 is 1.13 bits per heavy atom. The minimum Gasteiger partial charge on any atom is -0.465 e. The van der Waals surface area contributed by atoms with E-state index in [1.54, 1.807) is 31.2 Å². The molecule has 0 N–H and O–H groups in total. The van der Waals surface area contributed by atoms with Crippen LogP contribution in [0.1, 0.15) is 61.9 Å². The molecule has 1 aromatic heterocycles. The lowest BCUT2D eigenvalue weighted by Crippen LogP contribution is -2.24. The highest BCUT2D eigenvalue weighted by Gasteiger charge is 2.52. The number of carbonyl (C=O) groups excluding carboxylic acids is 2. The van der Waals surface area contributed by atoms with Gasteiger partial charge in [-0.15, -0.1) is 0 Å². The third-order valence-electron chi connectivity index (χ3n) is 6.40. The van der Waals surface area contributed by atoms with E-state index >= 15 is 0 Å². The minimum atomic E-state index is -3.44. The second kappa shape index (κ2) is 10.6. The van der Waals surface area contributed by atoms with Crippen LogP contribution in [0.2, 0.25) is 0 Å². The smallest absolute Gasteiger partial charge is 0.316 e. The standard InChI is InChI=1S/C31H30N2O5/c1-4-36-30(35)31(18-19-31)27-16-14-25(15-17-27)24-10-12-26(13-11-24)29-28(21(2)32-37-29)33(20-34)38-22(3)23-8-6-5-7-9-23/h5-17,20,22H,4,18-19H2,1-3H3/i3D3,5D,6D,7D,8D,9D,22D. The molecule has 3 aromatic carbocycles. The number of aromatic nitrogens is 1. The van der Waals surface area contributed by atoms with E-state index in [0.717, 1.165) is 29.5 Å². The van der Waals surface area contributed by atoms with Crippen molar-refractivity contribution in [1.82, 2.24) is 5.16 Å². The highest BCUT2D eigenvalue weighted by Crippen LogP contribution is 2.49. The van der Waals surface area contributed by atoms with E-state index in [9.17, 15) is 9.59 Å². The molecule has 5 rings (SSSR count). The summed E-state index contributed by atoms with van der Waals surface area (Å²) >= 11 is 0. The van der Waals surface area contributed by atoms with Crippen LogP contribution in [0.3, 0.4) is 0 Å². The fourth-order valence-electron chi connectivity index (χ4n) is 4.24. The van der Waals surface area contributed by atoms with Crippen molar-refractivity contribution in [2.45, 2.75) is 45.0 Å². The van der Waals surface area contributed by atoms with Gasteiger partial charge in [-0.3, -0.25) is 14.4 Å². The van der Waals surface area contributed by atoms with E-state index < -0.39 is 54.1 Å². The van der Waals surface area contributed by atoms with Crippen LogP contribution in [-0.4, -0.2) is 24.1 Å². The summed E-state index contributed by atoms with van der Waals surface area (Å²) in [6.45, 7) is 0.0978. The van der Waals surface area contributed by atoms with Crippen LogP contribution in [0.5, 0.6) is 0 Å². The van der Waals surface area contributed by atoms with Crippen LogP contribution >= 0.6 is 0 Å². The summed E-state index contributed by atoms with van der Waals surface area (Å²) < 4.78 is 84.0. The normalized spacial score (nSPS) is 19.1. The topological polar surface area (TPSA) is 81.9 Å². The number of rotatable bonds is 10. The molecule has 4 aromatic rings. The van der Waals surface area contributed by atoms with Gasteiger partial charge in [-0.25, -0.2) is 0 Å². The van der Waals surface area contributed by atoms with Crippen LogP contribution in [0.25, 0.3) is 22.5 Å². The van der Waals surface area contributed by atoms with Crippen LogP contribution < -0.4 is 5.06 Å². The Hall–Kier alpha value is -4.23. The zero-order valence-electron chi connectivity index (χ0n) is 29.8. The Morgan fingerprint density at radius 3 is 2.34 bits per heavy atom. The Balaban J connectivity index is 1.47. The Kier molecular flexibility index (Phi) is 4.64. The number of aryl methyl sites for hydroxylation is 1. The van der Waals surface area contributed by atoms with Crippen molar-refractivity contribution in [3.05, 3.63) is 95.6 Å². The molecule has 38 heavy (non-hydrogen) atoms. The number of amides is 1. The molecule has 0 spiro atoms. The number of ether oxygens (including phenoxy) is 1. The van der Waals surface area contributed by atoms with Crippen LogP contribution in [0.15, 0.2) is 83.3 Å². The van der Waals surface area contributed by atoms with Gasteiger partial charge in [0.1, 0.15) is 17.5 Å². The maximum atomic E-state index is 12.5. The van der Waals surface area contributed by atoms with E-state index in [0.29, 0.717) is 17.2 Å². The number of esters is 1. The predicted octanol–water partition coefficient (Wildman–Crippen LogP) is 6.57. The number of hydroxylamine groups is 1. The van der Waals surface area contributed by atoms with E-state index in [1.807, 2.05) is 24.3 Å². The number of benzene rings is 3. The van der Waals surface area contributed by atoms with Crippen LogP contribution in [-0.2, 0) is 24.6 Å². The summed E-state index contributed by atoms with van der Waals surface area (Å²) in [6.07, 6.45) is -1.79. The molecule has 1 atom stereocenters. The predicted molar refractivity (Wildman–Crippen MR) is 144 cm³/mol. The van der Waals surface area contributed by atoms with Crippen molar-refractivity contribution in [1.29, 1.82) is 0 Å². The first kappa shape index (κ1) is 16.6. The van der Waals surface area contributed by atoms with E-state index in [4.69, 9.17) is 26.4 Å². The average Bonchev–Trinajstić information content (AvgIpc) is 3.78. The lowest BCUT2D eigenvalue weighted by Gasteiger charge is -2.22. The van der Waals surface area contributed by atoms with Crippen molar-refractivity contribution in [3.8, 4) is 22.5 Å². The first-order chi connectivity index (χ1) is 22.1. The first-order valence-electron chi connectivity index (χ1n) is 16.5. The summed E-state index contributed by atoms with van der Waals surface area (Å²) in [6, 6.07) is 10.0. The summed E-state index contributed by atoms with van der Waals surface area (Å²) in [4.78, 5) is 30.3. The van der Waals surface area contributed by atoms with Crippen LogP contribution in [0.4, 0.5) is 5.69 Å². The van der Waals surface area contributed by atoms with Gasteiger partial charge in [0.2, 0.25) is 6.41 Å². The van der Waals surface area contributed by atoms with Gasteiger partial charge in [0.05, 0.1) is 20.2 Å². The molecular formula is C31H30N2O5. The van der Waals surface area contributed by atoms with Gasteiger partial charge in [-0.05, 0) is 55.8 Å². The summed E-state index contributed by atoms with van der Waals surface area (Å²) in [7, 11) is 0. The SMILES string of the molecule is [2H]c1c([2H])c([2H])c(C([2H])(ON(C=O)c2c(C)noc2-c2ccc(-c3ccc(C4(C(=O)OCC)CC4)cc3)cc2)C([2H])([2H])[2H])c([2H])c1[2H]. The molecule has 1 aliphatic rings. The third kappa shape index (κ3) is 4.85.